The molecule has 1 aromatic heterocycles. The SMILES string of the molecule is Cc1ccc(COC(=O)c2nc(-c3ccccc3)[nH]c2C)c(F)c1. The molecule has 3 aromatic rings. The van der Waals surface area contributed by atoms with E-state index in [1.165, 1.54) is 6.07 Å². The van der Waals surface area contributed by atoms with Crippen molar-refractivity contribution >= 4 is 5.97 Å². The minimum atomic E-state index is -0.578. The second kappa shape index (κ2) is 6.66. The van der Waals surface area contributed by atoms with Gasteiger partial charge in [-0.25, -0.2) is 14.2 Å². The van der Waals surface area contributed by atoms with Gasteiger partial charge in [-0.1, -0.05) is 42.5 Å². The van der Waals surface area contributed by atoms with Gasteiger partial charge in [-0.2, -0.15) is 0 Å². The Kier molecular flexibility index (Phi) is 4.42. The second-order valence-electron chi connectivity index (χ2n) is 5.60. The van der Waals surface area contributed by atoms with Crippen molar-refractivity contribution in [2.24, 2.45) is 0 Å². The largest absolute Gasteiger partial charge is 0.456 e. The van der Waals surface area contributed by atoms with Crippen LogP contribution in [0.3, 0.4) is 0 Å². The molecule has 0 aliphatic heterocycles. The molecule has 1 N–H and O–H groups in total. The Hall–Kier alpha value is -2.95. The van der Waals surface area contributed by atoms with Crippen LogP contribution in [0.4, 0.5) is 4.39 Å². The number of ether oxygens (including phenoxy) is 1. The third kappa shape index (κ3) is 3.35. The molecule has 1 heterocycles. The highest BCUT2D eigenvalue weighted by Gasteiger charge is 2.17. The number of esters is 1. The molecule has 0 atom stereocenters. The van der Waals surface area contributed by atoms with Crippen LogP contribution in [0, 0.1) is 19.7 Å². The summed E-state index contributed by atoms with van der Waals surface area (Å²) in [5.41, 5.74) is 2.86. The summed E-state index contributed by atoms with van der Waals surface area (Å²) in [6.45, 7) is 3.43. The first-order valence-corrected chi connectivity index (χ1v) is 7.59. The van der Waals surface area contributed by atoms with Crippen molar-refractivity contribution in [1.29, 1.82) is 0 Å². The van der Waals surface area contributed by atoms with E-state index in [0.29, 0.717) is 17.1 Å². The Labute approximate surface area is 139 Å². The van der Waals surface area contributed by atoms with E-state index >= 15 is 0 Å². The molecule has 0 unspecified atom stereocenters. The lowest BCUT2D eigenvalue weighted by Crippen LogP contribution is -2.08. The zero-order valence-corrected chi connectivity index (χ0v) is 13.5. The highest BCUT2D eigenvalue weighted by Crippen LogP contribution is 2.19. The van der Waals surface area contributed by atoms with Crippen LogP contribution in [-0.2, 0) is 11.3 Å². The summed E-state index contributed by atoms with van der Waals surface area (Å²) in [6, 6.07) is 14.3. The van der Waals surface area contributed by atoms with Crippen LogP contribution < -0.4 is 0 Å². The first kappa shape index (κ1) is 15.9. The summed E-state index contributed by atoms with van der Waals surface area (Å²) < 4.78 is 19.0. The number of benzene rings is 2. The Balaban J connectivity index is 1.75. The number of carbonyl (C=O) groups excluding carboxylic acids is 1. The molecule has 0 saturated carbocycles. The van der Waals surface area contributed by atoms with Crippen LogP contribution in [0.2, 0.25) is 0 Å². The van der Waals surface area contributed by atoms with Crippen molar-refractivity contribution in [3.05, 3.63) is 76.9 Å². The Bertz CT molecular complexity index is 872. The summed E-state index contributed by atoms with van der Waals surface area (Å²) in [5, 5.41) is 0. The Morgan fingerprint density at radius 2 is 1.92 bits per heavy atom. The number of carbonyl (C=O) groups is 1. The van der Waals surface area contributed by atoms with Crippen LogP contribution in [0.25, 0.3) is 11.4 Å². The molecule has 122 valence electrons. The smallest absolute Gasteiger partial charge is 0.359 e. The van der Waals surface area contributed by atoms with Crippen LogP contribution >= 0.6 is 0 Å². The van der Waals surface area contributed by atoms with Crippen LogP contribution in [0.5, 0.6) is 0 Å². The first-order chi connectivity index (χ1) is 11.5. The van der Waals surface area contributed by atoms with E-state index < -0.39 is 5.97 Å². The van der Waals surface area contributed by atoms with Crippen molar-refractivity contribution in [3.63, 3.8) is 0 Å². The molecule has 0 fully saturated rings. The molecule has 0 aliphatic rings. The fourth-order valence-corrected chi connectivity index (χ4v) is 2.37. The van der Waals surface area contributed by atoms with E-state index in [-0.39, 0.29) is 18.1 Å². The average molecular weight is 324 g/mol. The Morgan fingerprint density at radius 3 is 2.62 bits per heavy atom. The predicted molar refractivity (Wildman–Crippen MR) is 89.0 cm³/mol. The summed E-state index contributed by atoms with van der Waals surface area (Å²) >= 11 is 0. The van der Waals surface area contributed by atoms with Gasteiger partial charge in [0.1, 0.15) is 18.2 Å². The number of nitrogens with one attached hydrogen (secondary N) is 1. The molecule has 3 rings (SSSR count). The fraction of sp³-hybridized carbons (Fsp3) is 0.158. The van der Waals surface area contributed by atoms with Crippen molar-refractivity contribution in [2.45, 2.75) is 20.5 Å². The zero-order chi connectivity index (χ0) is 17.1. The zero-order valence-electron chi connectivity index (χ0n) is 13.5. The fourth-order valence-electron chi connectivity index (χ4n) is 2.37. The van der Waals surface area contributed by atoms with Gasteiger partial charge in [0.25, 0.3) is 0 Å². The van der Waals surface area contributed by atoms with Gasteiger partial charge in [-0.15, -0.1) is 0 Å². The number of aryl methyl sites for hydroxylation is 2. The van der Waals surface area contributed by atoms with Gasteiger partial charge < -0.3 is 9.72 Å². The van der Waals surface area contributed by atoms with Crippen LogP contribution in [0.1, 0.15) is 27.3 Å². The number of hydrogen-bond donors (Lipinski definition) is 1. The van der Waals surface area contributed by atoms with Gasteiger partial charge >= 0.3 is 5.97 Å². The van der Waals surface area contributed by atoms with Crippen LogP contribution in [0.15, 0.2) is 48.5 Å². The van der Waals surface area contributed by atoms with Crippen LogP contribution in [-0.4, -0.2) is 15.9 Å². The molecular formula is C19H17FN2O2. The third-order valence-corrected chi connectivity index (χ3v) is 3.69. The molecule has 0 spiro atoms. The highest BCUT2D eigenvalue weighted by molar-refractivity contribution is 5.89. The average Bonchev–Trinajstić information content (AvgIpc) is 2.96. The van der Waals surface area contributed by atoms with E-state index in [1.807, 2.05) is 30.3 Å². The molecule has 0 aliphatic carbocycles. The molecule has 0 saturated heterocycles. The standard InChI is InChI=1S/C19H17FN2O2/c1-12-8-9-15(16(20)10-12)11-24-19(23)17-13(2)21-18(22-17)14-6-4-3-5-7-14/h3-10H,11H2,1-2H3,(H,21,22). The number of imidazole rings is 1. The summed E-state index contributed by atoms with van der Waals surface area (Å²) in [5.74, 6) is -0.362. The maximum Gasteiger partial charge on any atom is 0.359 e. The molecule has 0 bridgehead atoms. The van der Waals surface area contributed by atoms with Crippen molar-refractivity contribution in [1.82, 2.24) is 9.97 Å². The first-order valence-electron chi connectivity index (χ1n) is 7.59. The van der Waals surface area contributed by atoms with Gasteiger partial charge in [-0.3, -0.25) is 0 Å². The van der Waals surface area contributed by atoms with Gasteiger partial charge in [0.05, 0.1) is 0 Å². The second-order valence-corrected chi connectivity index (χ2v) is 5.60. The van der Waals surface area contributed by atoms with Crippen molar-refractivity contribution in [2.75, 3.05) is 0 Å². The Morgan fingerprint density at radius 1 is 1.17 bits per heavy atom. The molecule has 0 radical (unpaired) electrons. The van der Waals surface area contributed by atoms with E-state index in [0.717, 1.165) is 11.1 Å². The lowest BCUT2D eigenvalue weighted by molar-refractivity contribution is 0.0462. The minimum absolute atomic E-state index is 0.127. The molecule has 24 heavy (non-hydrogen) atoms. The topological polar surface area (TPSA) is 55.0 Å². The lowest BCUT2D eigenvalue weighted by atomic mass is 10.1. The van der Waals surface area contributed by atoms with E-state index in [1.54, 1.807) is 26.0 Å². The number of aromatic nitrogens is 2. The summed E-state index contributed by atoms with van der Waals surface area (Å²) in [7, 11) is 0. The number of H-pyrrole nitrogens is 1. The normalized spacial score (nSPS) is 10.6. The number of nitrogens with zero attached hydrogens (tertiary/aromatic N) is 1. The lowest BCUT2D eigenvalue weighted by Gasteiger charge is -2.05. The molecular weight excluding hydrogens is 307 g/mol. The van der Waals surface area contributed by atoms with Crippen molar-refractivity contribution in [3.8, 4) is 11.4 Å². The maximum atomic E-state index is 13.8. The minimum Gasteiger partial charge on any atom is -0.456 e. The van der Waals surface area contributed by atoms with Gasteiger partial charge in [0.15, 0.2) is 5.69 Å². The van der Waals surface area contributed by atoms with Crippen molar-refractivity contribution < 1.29 is 13.9 Å². The van der Waals surface area contributed by atoms with Gasteiger partial charge in [-0.05, 0) is 25.5 Å². The third-order valence-electron chi connectivity index (χ3n) is 3.69. The molecule has 2 aromatic carbocycles. The van der Waals surface area contributed by atoms with E-state index in [2.05, 4.69) is 9.97 Å². The van der Waals surface area contributed by atoms with E-state index in [9.17, 15) is 9.18 Å². The number of aromatic amines is 1. The number of halogens is 1. The molecule has 4 nitrogen and oxygen atoms in total. The predicted octanol–water partition coefficient (Wildman–Crippen LogP) is 4.19. The molecule has 5 heteroatoms. The summed E-state index contributed by atoms with van der Waals surface area (Å²) in [6.07, 6.45) is 0. The maximum absolute atomic E-state index is 13.8. The summed E-state index contributed by atoms with van der Waals surface area (Å²) in [4.78, 5) is 19.6. The van der Waals surface area contributed by atoms with Gasteiger partial charge in [0, 0.05) is 16.8 Å². The highest BCUT2D eigenvalue weighted by atomic mass is 19.1. The quantitative estimate of drug-likeness (QED) is 0.732. The monoisotopic (exact) mass is 324 g/mol. The van der Waals surface area contributed by atoms with Gasteiger partial charge in [0.2, 0.25) is 0 Å². The van der Waals surface area contributed by atoms with E-state index in [4.69, 9.17) is 4.74 Å². The number of rotatable bonds is 4. The molecule has 0 amide bonds. The number of hydrogen-bond acceptors (Lipinski definition) is 3.